The van der Waals surface area contributed by atoms with Gasteiger partial charge in [0.25, 0.3) is 5.95 Å². The summed E-state index contributed by atoms with van der Waals surface area (Å²) in [4.78, 5) is 35.6. The summed E-state index contributed by atoms with van der Waals surface area (Å²) >= 11 is 0. The van der Waals surface area contributed by atoms with E-state index in [4.69, 9.17) is 0 Å². The van der Waals surface area contributed by atoms with Crippen LogP contribution in [0.5, 0.6) is 0 Å². The number of anilines is 2. The summed E-state index contributed by atoms with van der Waals surface area (Å²) in [6.07, 6.45) is 0.143. The highest BCUT2D eigenvalue weighted by molar-refractivity contribution is 6.10. The molecule has 1 N–H and O–H groups in total. The van der Waals surface area contributed by atoms with Crippen molar-refractivity contribution in [2.24, 2.45) is 0 Å². The first-order chi connectivity index (χ1) is 13.8. The second-order valence-electron chi connectivity index (χ2n) is 7.23. The number of benzene rings is 1. The molecule has 2 amide bonds. The molecule has 0 radical (unpaired) electrons. The molecule has 3 aromatic rings. The third-order valence-electron chi connectivity index (χ3n) is 5.00. The summed E-state index contributed by atoms with van der Waals surface area (Å²) in [5, 5.41) is 7.36. The minimum absolute atomic E-state index is 0.00225. The number of hydrogen-bond donors (Lipinski definition) is 1. The molecule has 0 aliphatic carbocycles. The molecule has 1 aliphatic rings. The number of nitrogens with one attached hydrogen (secondary N) is 1. The van der Waals surface area contributed by atoms with Crippen molar-refractivity contribution in [2.75, 3.05) is 16.8 Å². The number of aryl methyl sites for hydroxylation is 3. The lowest BCUT2D eigenvalue weighted by molar-refractivity contribution is -0.121. The van der Waals surface area contributed by atoms with Gasteiger partial charge in [-0.05, 0) is 45.9 Å². The van der Waals surface area contributed by atoms with Crippen molar-refractivity contribution < 1.29 is 9.59 Å². The van der Waals surface area contributed by atoms with Gasteiger partial charge in [0.2, 0.25) is 11.8 Å². The molecule has 3 heterocycles. The highest BCUT2D eigenvalue weighted by Gasteiger charge is 2.28. The van der Waals surface area contributed by atoms with E-state index in [1.165, 1.54) is 4.90 Å². The molecule has 1 aliphatic heterocycles. The van der Waals surface area contributed by atoms with Crippen LogP contribution in [0.25, 0.3) is 5.95 Å². The SMILES string of the molecule is Cc1cc(C)nc(-n2nc(C)c(CC(=O)N3CC(=O)Nc4ccccc43)c2C)n1. The standard InChI is InChI=1S/C21H22N6O2/c1-12-9-13(2)23-21(22-12)27-15(4)16(14(3)25-27)10-20(29)26-11-19(28)24-17-7-5-6-8-18(17)26/h5-9H,10-11H2,1-4H3,(H,24,28). The maximum absolute atomic E-state index is 13.1. The fraction of sp³-hybridized carbons (Fsp3) is 0.286. The van der Waals surface area contributed by atoms with E-state index in [2.05, 4.69) is 20.4 Å². The zero-order valence-electron chi connectivity index (χ0n) is 16.9. The van der Waals surface area contributed by atoms with Gasteiger partial charge in [-0.15, -0.1) is 0 Å². The normalized spacial score (nSPS) is 13.2. The van der Waals surface area contributed by atoms with Crippen LogP contribution in [-0.2, 0) is 16.0 Å². The molecule has 0 fully saturated rings. The number of hydrogen-bond acceptors (Lipinski definition) is 5. The van der Waals surface area contributed by atoms with Gasteiger partial charge in [0.15, 0.2) is 0 Å². The average molecular weight is 390 g/mol. The second kappa shape index (κ2) is 7.12. The van der Waals surface area contributed by atoms with Gasteiger partial charge < -0.3 is 10.2 Å². The Morgan fingerprint density at radius 3 is 2.52 bits per heavy atom. The molecule has 29 heavy (non-hydrogen) atoms. The Labute approximate surface area is 168 Å². The summed E-state index contributed by atoms with van der Waals surface area (Å²) in [6, 6.07) is 9.20. The smallest absolute Gasteiger partial charge is 0.251 e. The predicted octanol–water partition coefficient (Wildman–Crippen LogP) is 2.42. The topological polar surface area (TPSA) is 93.0 Å². The van der Waals surface area contributed by atoms with Crippen molar-refractivity contribution in [3.63, 3.8) is 0 Å². The van der Waals surface area contributed by atoms with Crippen molar-refractivity contribution in [2.45, 2.75) is 34.1 Å². The summed E-state index contributed by atoms with van der Waals surface area (Å²) in [5.74, 6) is 0.133. The number of para-hydroxylation sites is 2. The minimum atomic E-state index is -0.204. The molecule has 0 unspecified atom stereocenters. The van der Waals surface area contributed by atoms with Gasteiger partial charge in [0.1, 0.15) is 6.54 Å². The van der Waals surface area contributed by atoms with Crippen molar-refractivity contribution in [3.05, 3.63) is 58.7 Å². The lowest BCUT2D eigenvalue weighted by Crippen LogP contribution is -2.42. The third kappa shape index (κ3) is 3.49. The maximum Gasteiger partial charge on any atom is 0.251 e. The molecular formula is C21H22N6O2. The second-order valence-corrected chi connectivity index (χ2v) is 7.23. The number of aromatic nitrogens is 4. The predicted molar refractivity (Wildman–Crippen MR) is 109 cm³/mol. The summed E-state index contributed by atoms with van der Waals surface area (Å²) < 4.78 is 1.68. The Hall–Kier alpha value is -3.55. The first-order valence-electron chi connectivity index (χ1n) is 9.40. The van der Waals surface area contributed by atoms with E-state index in [0.29, 0.717) is 17.3 Å². The fourth-order valence-corrected chi connectivity index (χ4v) is 3.63. The monoisotopic (exact) mass is 390 g/mol. The Morgan fingerprint density at radius 1 is 1.10 bits per heavy atom. The molecule has 0 saturated carbocycles. The van der Waals surface area contributed by atoms with Crippen LogP contribution in [0.1, 0.15) is 28.3 Å². The molecule has 2 aromatic heterocycles. The Morgan fingerprint density at radius 2 is 1.79 bits per heavy atom. The molecular weight excluding hydrogens is 368 g/mol. The summed E-state index contributed by atoms with van der Waals surface area (Å²) in [6.45, 7) is 7.59. The summed E-state index contributed by atoms with van der Waals surface area (Å²) in [7, 11) is 0. The van der Waals surface area contributed by atoms with Crippen molar-refractivity contribution in [1.29, 1.82) is 0 Å². The lowest BCUT2D eigenvalue weighted by Gasteiger charge is -2.29. The molecule has 148 valence electrons. The average Bonchev–Trinajstić information content (AvgIpc) is 2.94. The van der Waals surface area contributed by atoms with Gasteiger partial charge in [-0.1, -0.05) is 12.1 Å². The zero-order valence-corrected chi connectivity index (χ0v) is 16.9. The molecule has 4 rings (SSSR count). The molecule has 0 bridgehead atoms. The molecule has 0 spiro atoms. The van der Waals surface area contributed by atoms with Crippen LogP contribution >= 0.6 is 0 Å². The van der Waals surface area contributed by atoms with Crippen LogP contribution < -0.4 is 10.2 Å². The fourth-order valence-electron chi connectivity index (χ4n) is 3.63. The number of carbonyl (C=O) groups excluding carboxylic acids is 2. The molecule has 0 atom stereocenters. The van der Waals surface area contributed by atoms with Crippen molar-refractivity contribution >= 4 is 23.2 Å². The van der Waals surface area contributed by atoms with Crippen molar-refractivity contribution in [3.8, 4) is 5.95 Å². The van der Waals surface area contributed by atoms with Gasteiger partial charge in [-0.2, -0.15) is 5.10 Å². The quantitative estimate of drug-likeness (QED) is 0.741. The first kappa shape index (κ1) is 18.8. The van der Waals surface area contributed by atoms with Crippen LogP contribution in [0.15, 0.2) is 30.3 Å². The summed E-state index contributed by atoms with van der Waals surface area (Å²) in [5.41, 5.74) is 5.44. The van der Waals surface area contributed by atoms with E-state index < -0.39 is 0 Å². The Bertz CT molecular complexity index is 1110. The van der Waals surface area contributed by atoms with E-state index in [0.717, 1.165) is 28.3 Å². The number of carbonyl (C=O) groups is 2. The minimum Gasteiger partial charge on any atom is -0.323 e. The third-order valence-corrected chi connectivity index (χ3v) is 5.00. The van der Waals surface area contributed by atoms with Crippen LogP contribution in [0.2, 0.25) is 0 Å². The van der Waals surface area contributed by atoms with Gasteiger partial charge in [0, 0.05) is 22.6 Å². The number of amides is 2. The highest BCUT2D eigenvalue weighted by atomic mass is 16.2. The lowest BCUT2D eigenvalue weighted by atomic mass is 10.1. The van der Waals surface area contributed by atoms with E-state index >= 15 is 0 Å². The first-order valence-corrected chi connectivity index (χ1v) is 9.40. The van der Waals surface area contributed by atoms with Crippen LogP contribution in [-0.4, -0.2) is 38.1 Å². The number of fused-ring (bicyclic) bond motifs is 1. The zero-order chi connectivity index (χ0) is 20.7. The van der Waals surface area contributed by atoms with Gasteiger partial charge >= 0.3 is 0 Å². The van der Waals surface area contributed by atoms with Gasteiger partial charge in [-0.25, -0.2) is 14.6 Å². The molecule has 0 saturated heterocycles. The highest BCUT2D eigenvalue weighted by Crippen LogP contribution is 2.30. The van der Waals surface area contributed by atoms with E-state index in [-0.39, 0.29) is 24.8 Å². The van der Waals surface area contributed by atoms with Gasteiger partial charge in [0.05, 0.1) is 23.5 Å². The number of rotatable bonds is 3. The molecule has 8 heteroatoms. The molecule has 1 aromatic carbocycles. The Balaban J connectivity index is 1.66. The van der Waals surface area contributed by atoms with E-state index in [1.54, 1.807) is 10.7 Å². The van der Waals surface area contributed by atoms with Crippen molar-refractivity contribution in [1.82, 2.24) is 19.7 Å². The van der Waals surface area contributed by atoms with Crippen LogP contribution in [0.3, 0.4) is 0 Å². The Kier molecular flexibility index (Phi) is 4.62. The molecule has 8 nitrogen and oxygen atoms in total. The van der Waals surface area contributed by atoms with Gasteiger partial charge in [-0.3, -0.25) is 9.59 Å². The largest absolute Gasteiger partial charge is 0.323 e. The van der Waals surface area contributed by atoms with E-state index in [9.17, 15) is 9.59 Å². The van der Waals surface area contributed by atoms with E-state index in [1.807, 2.05) is 52.0 Å². The maximum atomic E-state index is 13.1. The van der Waals surface area contributed by atoms with Crippen LogP contribution in [0.4, 0.5) is 11.4 Å². The number of nitrogens with zero attached hydrogens (tertiary/aromatic N) is 5. The van der Waals surface area contributed by atoms with Crippen LogP contribution in [0, 0.1) is 27.7 Å².